The van der Waals surface area contributed by atoms with Crippen LogP contribution in [0, 0.1) is 0 Å². The Morgan fingerprint density at radius 3 is 2.17 bits per heavy atom. The highest BCUT2D eigenvalue weighted by Crippen LogP contribution is 2.36. The number of rotatable bonds is 3. The summed E-state index contributed by atoms with van der Waals surface area (Å²) < 4.78 is 0. The van der Waals surface area contributed by atoms with E-state index in [1.54, 1.807) is 0 Å². The van der Waals surface area contributed by atoms with Gasteiger partial charge in [-0.15, -0.1) is 0 Å². The molecule has 0 aliphatic carbocycles. The van der Waals surface area contributed by atoms with Gasteiger partial charge in [0, 0.05) is 30.6 Å². The van der Waals surface area contributed by atoms with Gasteiger partial charge in [0.15, 0.2) is 0 Å². The number of benzene rings is 2. The van der Waals surface area contributed by atoms with Crippen LogP contribution in [0.15, 0.2) is 60.7 Å². The van der Waals surface area contributed by atoms with E-state index >= 15 is 0 Å². The second-order valence-corrected chi connectivity index (χ2v) is 7.01. The van der Waals surface area contributed by atoms with Crippen molar-refractivity contribution >= 4 is 0 Å². The monoisotopic (exact) mass is 306 g/mol. The summed E-state index contributed by atoms with van der Waals surface area (Å²) >= 11 is 0. The lowest BCUT2D eigenvalue weighted by Gasteiger charge is -2.46. The van der Waals surface area contributed by atoms with Gasteiger partial charge >= 0.3 is 0 Å². The highest BCUT2D eigenvalue weighted by molar-refractivity contribution is 5.35. The Balaban J connectivity index is 1.73. The Kier molecular flexibility index (Phi) is 4.19. The van der Waals surface area contributed by atoms with Crippen LogP contribution in [0.2, 0.25) is 0 Å². The van der Waals surface area contributed by atoms with Crippen molar-refractivity contribution in [1.82, 2.24) is 10.2 Å². The quantitative estimate of drug-likeness (QED) is 0.931. The van der Waals surface area contributed by atoms with Gasteiger partial charge in [0.25, 0.3) is 0 Å². The molecular formula is C21H26N2. The Hall–Kier alpha value is -1.64. The van der Waals surface area contributed by atoms with Crippen LogP contribution in [-0.2, 0) is 0 Å². The molecule has 3 atom stereocenters. The van der Waals surface area contributed by atoms with Crippen LogP contribution < -0.4 is 5.32 Å². The lowest BCUT2D eigenvalue weighted by Crippen LogP contribution is -2.60. The fraction of sp³-hybridized carbons (Fsp3) is 0.429. The third-order valence-corrected chi connectivity index (χ3v) is 5.70. The van der Waals surface area contributed by atoms with Crippen LogP contribution in [0.1, 0.15) is 36.8 Å². The molecule has 2 heteroatoms. The lowest BCUT2D eigenvalue weighted by atomic mass is 9.82. The molecule has 0 aromatic heterocycles. The van der Waals surface area contributed by atoms with Crippen LogP contribution in [0.25, 0.3) is 0 Å². The molecule has 2 aliphatic rings. The smallest absolute Gasteiger partial charge is 0.0333 e. The molecule has 0 bridgehead atoms. The average molecular weight is 306 g/mol. The first-order chi connectivity index (χ1) is 11.3. The minimum Gasteiger partial charge on any atom is -0.311 e. The molecule has 0 radical (unpaired) electrons. The zero-order chi connectivity index (χ0) is 15.6. The fourth-order valence-electron chi connectivity index (χ4n) is 4.59. The van der Waals surface area contributed by atoms with Gasteiger partial charge in [0.05, 0.1) is 0 Å². The Labute approximate surface area is 139 Å². The van der Waals surface area contributed by atoms with E-state index in [4.69, 9.17) is 0 Å². The van der Waals surface area contributed by atoms with Crippen LogP contribution in [0.5, 0.6) is 0 Å². The SMILES string of the molecule is CC1NCC(C(c2ccccc2)c2ccccc2)N2CCC[C@@H]12. The Morgan fingerprint density at radius 2 is 1.57 bits per heavy atom. The van der Waals surface area contributed by atoms with Gasteiger partial charge in [-0.05, 0) is 37.4 Å². The van der Waals surface area contributed by atoms with Gasteiger partial charge in [-0.1, -0.05) is 60.7 Å². The maximum atomic E-state index is 3.78. The number of nitrogens with one attached hydrogen (secondary N) is 1. The largest absolute Gasteiger partial charge is 0.311 e. The molecule has 2 aromatic rings. The number of piperazine rings is 1. The molecule has 23 heavy (non-hydrogen) atoms. The van der Waals surface area contributed by atoms with Crippen LogP contribution >= 0.6 is 0 Å². The maximum absolute atomic E-state index is 3.78. The predicted octanol–water partition coefficient (Wildman–Crippen LogP) is 3.64. The van der Waals surface area contributed by atoms with Gasteiger partial charge < -0.3 is 5.32 Å². The van der Waals surface area contributed by atoms with Crippen LogP contribution in [-0.4, -0.2) is 36.1 Å². The van der Waals surface area contributed by atoms with Gasteiger partial charge in [-0.3, -0.25) is 4.90 Å². The highest BCUT2D eigenvalue weighted by Gasteiger charge is 2.41. The first-order valence-electron chi connectivity index (χ1n) is 8.93. The topological polar surface area (TPSA) is 15.3 Å². The molecule has 2 aromatic carbocycles. The highest BCUT2D eigenvalue weighted by atomic mass is 15.3. The zero-order valence-electron chi connectivity index (χ0n) is 13.9. The zero-order valence-corrected chi connectivity index (χ0v) is 13.9. The number of nitrogens with zero attached hydrogens (tertiary/aromatic N) is 1. The van der Waals surface area contributed by atoms with E-state index < -0.39 is 0 Å². The van der Waals surface area contributed by atoms with Gasteiger partial charge in [-0.25, -0.2) is 0 Å². The van der Waals surface area contributed by atoms with Crippen LogP contribution in [0.3, 0.4) is 0 Å². The fourth-order valence-corrected chi connectivity index (χ4v) is 4.59. The van der Waals surface area contributed by atoms with Crippen molar-refractivity contribution < 1.29 is 0 Å². The minimum absolute atomic E-state index is 0.443. The summed E-state index contributed by atoms with van der Waals surface area (Å²) in [6, 6.07) is 23.9. The lowest BCUT2D eigenvalue weighted by molar-refractivity contribution is 0.0957. The molecule has 2 saturated heterocycles. The molecule has 2 fully saturated rings. The molecule has 0 saturated carbocycles. The molecule has 2 aliphatic heterocycles. The second kappa shape index (κ2) is 6.46. The van der Waals surface area contributed by atoms with Crippen molar-refractivity contribution in [2.75, 3.05) is 13.1 Å². The molecule has 1 N–H and O–H groups in total. The van der Waals surface area contributed by atoms with Gasteiger partial charge in [0.1, 0.15) is 0 Å². The Bertz CT molecular complexity index is 585. The van der Waals surface area contributed by atoms with Crippen molar-refractivity contribution in [3.8, 4) is 0 Å². The molecule has 2 nitrogen and oxygen atoms in total. The third kappa shape index (κ3) is 2.82. The summed E-state index contributed by atoms with van der Waals surface area (Å²) in [6.07, 6.45) is 2.67. The van der Waals surface area contributed by atoms with Crippen molar-refractivity contribution in [2.45, 2.75) is 43.8 Å². The summed E-state index contributed by atoms with van der Waals surface area (Å²) in [5, 5.41) is 3.78. The molecule has 4 rings (SSSR count). The van der Waals surface area contributed by atoms with E-state index in [-0.39, 0.29) is 0 Å². The van der Waals surface area contributed by atoms with E-state index in [0.717, 1.165) is 6.54 Å². The molecular weight excluding hydrogens is 280 g/mol. The summed E-state index contributed by atoms with van der Waals surface area (Å²) in [5.41, 5.74) is 2.87. The van der Waals surface area contributed by atoms with Gasteiger partial charge in [0.2, 0.25) is 0 Å². The third-order valence-electron chi connectivity index (χ3n) is 5.70. The normalized spacial score (nSPS) is 28.0. The van der Waals surface area contributed by atoms with Crippen molar-refractivity contribution in [1.29, 1.82) is 0 Å². The molecule has 120 valence electrons. The van der Waals surface area contributed by atoms with E-state index in [2.05, 4.69) is 77.8 Å². The first-order valence-corrected chi connectivity index (χ1v) is 8.93. The van der Waals surface area contributed by atoms with Crippen molar-refractivity contribution in [2.24, 2.45) is 0 Å². The molecule has 2 heterocycles. The average Bonchev–Trinajstić information content (AvgIpc) is 3.10. The number of hydrogen-bond donors (Lipinski definition) is 1. The number of fused-ring (bicyclic) bond motifs is 1. The van der Waals surface area contributed by atoms with Crippen LogP contribution in [0.4, 0.5) is 0 Å². The second-order valence-electron chi connectivity index (χ2n) is 7.01. The standard InChI is InChI=1S/C21H26N2/c1-16-19-13-8-14-23(19)20(15-22-16)21(17-9-4-2-5-10-17)18-11-6-3-7-12-18/h2-7,9-12,16,19-22H,8,13-15H2,1H3/t16?,19-,20?/m0/s1. The first kappa shape index (κ1) is 14.9. The van der Waals surface area contributed by atoms with E-state index in [9.17, 15) is 0 Å². The summed E-state index contributed by atoms with van der Waals surface area (Å²) in [7, 11) is 0. The van der Waals surface area contributed by atoms with Gasteiger partial charge in [-0.2, -0.15) is 0 Å². The maximum Gasteiger partial charge on any atom is 0.0333 e. The van der Waals surface area contributed by atoms with Crippen molar-refractivity contribution in [3.63, 3.8) is 0 Å². The van der Waals surface area contributed by atoms with E-state index in [1.165, 1.54) is 30.5 Å². The minimum atomic E-state index is 0.443. The summed E-state index contributed by atoms with van der Waals surface area (Å²) in [5.74, 6) is 0.443. The molecule has 0 spiro atoms. The summed E-state index contributed by atoms with van der Waals surface area (Å²) in [4.78, 5) is 2.78. The summed E-state index contributed by atoms with van der Waals surface area (Å²) in [6.45, 7) is 4.67. The van der Waals surface area contributed by atoms with Crippen molar-refractivity contribution in [3.05, 3.63) is 71.8 Å². The number of hydrogen-bond acceptors (Lipinski definition) is 2. The predicted molar refractivity (Wildman–Crippen MR) is 95.7 cm³/mol. The molecule has 0 amide bonds. The van der Waals surface area contributed by atoms with E-state index in [0.29, 0.717) is 24.0 Å². The molecule has 2 unspecified atom stereocenters. The van der Waals surface area contributed by atoms with E-state index in [1.807, 2.05) is 0 Å². The Morgan fingerprint density at radius 1 is 0.957 bits per heavy atom.